The Morgan fingerprint density at radius 3 is 2.36 bits per heavy atom. The molecule has 176 valence electrons. The second-order valence-electron chi connectivity index (χ2n) is 8.25. The highest BCUT2D eigenvalue weighted by molar-refractivity contribution is 7.99. The summed E-state index contributed by atoms with van der Waals surface area (Å²) in [5.41, 5.74) is 1.78. The van der Waals surface area contributed by atoms with Crippen LogP contribution in [0.2, 0.25) is 10.0 Å². The standard InChI is InChI=1S/C24H28Cl2N4O2S/c1-14(2)17-6-9-19(10-7-17)32-16(5)23-28-29-24(30(23)15(3)4)33-13-22(31)27-21-11-8-18(25)12-20(21)26/h6-12,14-16H,13H2,1-5H3,(H,27,31). The second kappa shape index (κ2) is 11.3. The SMILES string of the molecule is CC(C)c1ccc(OC(C)c2nnc(SCC(=O)Nc3ccc(Cl)cc3Cl)n2C(C)C)cc1. The maximum absolute atomic E-state index is 12.5. The molecular weight excluding hydrogens is 479 g/mol. The third-order valence-electron chi connectivity index (χ3n) is 4.97. The number of rotatable bonds is 9. The van der Waals surface area contributed by atoms with Gasteiger partial charge in [-0.15, -0.1) is 10.2 Å². The lowest BCUT2D eigenvalue weighted by Crippen LogP contribution is -2.16. The fourth-order valence-electron chi connectivity index (χ4n) is 3.24. The number of benzene rings is 2. The van der Waals surface area contributed by atoms with Crippen LogP contribution in [0.25, 0.3) is 0 Å². The van der Waals surface area contributed by atoms with Crippen molar-refractivity contribution in [3.63, 3.8) is 0 Å². The summed E-state index contributed by atoms with van der Waals surface area (Å²) in [6.45, 7) is 10.4. The summed E-state index contributed by atoms with van der Waals surface area (Å²) in [6.07, 6.45) is -0.305. The number of hydrogen-bond donors (Lipinski definition) is 1. The van der Waals surface area contributed by atoms with E-state index in [0.717, 1.165) is 5.75 Å². The van der Waals surface area contributed by atoms with E-state index in [0.29, 0.717) is 32.6 Å². The first-order chi connectivity index (χ1) is 15.7. The van der Waals surface area contributed by atoms with Crippen molar-refractivity contribution in [1.29, 1.82) is 0 Å². The molecule has 0 aliphatic rings. The predicted molar refractivity (Wildman–Crippen MR) is 136 cm³/mol. The van der Waals surface area contributed by atoms with Crippen molar-refractivity contribution >= 4 is 46.6 Å². The number of nitrogens with one attached hydrogen (secondary N) is 1. The Morgan fingerprint density at radius 2 is 1.76 bits per heavy atom. The van der Waals surface area contributed by atoms with E-state index in [1.54, 1.807) is 18.2 Å². The molecule has 1 amide bonds. The smallest absolute Gasteiger partial charge is 0.234 e. The molecule has 1 atom stereocenters. The number of thioether (sulfide) groups is 1. The number of halogens is 2. The van der Waals surface area contributed by atoms with Gasteiger partial charge in [0.2, 0.25) is 5.91 Å². The molecule has 0 aliphatic carbocycles. The number of amides is 1. The van der Waals surface area contributed by atoms with Gasteiger partial charge in [-0.3, -0.25) is 4.79 Å². The Balaban J connectivity index is 1.67. The van der Waals surface area contributed by atoms with Crippen LogP contribution in [0.1, 0.15) is 64.1 Å². The fraction of sp³-hybridized carbons (Fsp3) is 0.375. The van der Waals surface area contributed by atoms with Gasteiger partial charge < -0.3 is 14.6 Å². The van der Waals surface area contributed by atoms with E-state index < -0.39 is 0 Å². The normalized spacial score (nSPS) is 12.3. The van der Waals surface area contributed by atoms with Gasteiger partial charge in [-0.2, -0.15) is 0 Å². The summed E-state index contributed by atoms with van der Waals surface area (Å²) >= 11 is 13.4. The first-order valence-electron chi connectivity index (χ1n) is 10.7. The quantitative estimate of drug-likeness (QED) is 0.311. The minimum atomic E-state index is -0.305. The van der Waals surface area contributed by atoms with Gasteiger partial charge in [0.1, 0.15) is 5.75 Å². The molecular formula is C24H28Cl2N4O2S. The van der Waals surface area contributed by atoms with Crippen LogP contribution in [0, 0.1) is 0 Å². The Labute approximate surface area is 209 Å². The van der Waals surface area contributed by atoms with Crippen molar-refractivity contribution in [3.05, 3.63) is 63.9 Å². The van der Waals surface area contributed by atoms with Crippen molar-refractivity contribution in [1.82, 2.24) is 14.8 Å². The number of carbonyl (C=O) groups is 1. The van der Waals surface area contributed by atoms with Crippen LogP contribution in [-0.2, 0) is 4.79 Å². The maximum atomic E-state index is 12.5. The molecule has 9 heteroatoms. The number of hydrogen-bond acceptors (Lipinski definition) is 5. The Bertz CT molecular complexity index is 1100. The number of aromatic nitrogens is 3. The Morgan fingerprint density at radius 1 is 1.06 bits per heavy atom. The van der Waals surface area contributed by atoms with Crippen LogP contribution in [0.3, 0.4) is 0 Å². The molecule has 33 heavy (non-hydrogen) atoms. The van der Waals surface area contributed by atoms with E-state index in [-0.39, 0.29) is 23.8 Å². The lowest BCUT2D eigenvalue weighted by molar-refractivity contribution is -0.113. The van der Waals surface area contributed by atoms with Crippen molar-refractivity contribution < 1.29 is 9.53 Å². The molecule has 0 radical (unpaired) electrons. The lowest BCUT2D eigenvalue weighted by atomic mass is 10.0. The van der Waals surface area contributed by atoms with E-state index in [2.05, 4.69) is 55.3 Å². The summed E-state index contributed by atoms with van der Waals surface area (Å²) in [4.78, 5) is 12.5. The van der Waals surface area contributed by atoms with Gasteiger partial charge in [-0.05, 0) is 62.6 Å². The van der Waals surface area contributed by atoms with Crippen molar-refractivity contribution in [3.8, 4) is 5.75 Å². The summed E-state index contributed by atoms with van der Waals surface area (Å²) in [7, 11) is 0. The highest BCUT2D eigenvalue weighted by Crippen LogP contribution is 2.29. The predicted octanol–water partition coefficient (Wildman–Crippen LogP) is 7.16. The van der Waals surface area contributed by atoms with Crippen molar-refractivity contribution in [2.24, 2.45) is 0 Å². The zero-order valence-electron chi connectivity index (χ0n) is 19.3. The summed E-state index contributed by atoms with van der Waals surface area (Å²) in [6, 6.07) is 13.1. The molecule has 2 aromatic carbocycles. The molecule has 0 aliphatic heterocycles. The average Bonchev–Trinajstić information content (AvgIpc) is 3.19. The molecule has 3 aromatic rings. The van der Waals surface area contributed by atoms with E-state index in [1.807, 2.05) is 23.6 Å². The molecule has 1 unspecified atom stereocenters. The van der Waals surface area contributed by atoms with E-state index in [1.165, 1.54) is 17.3 Å². The first kappa shape index (κ1) is 25.4. The zero-order chi connectivity index (χ0) is 24.1. The molecule has 0 bridgehead atoms. The van der Waals surface area contributed by atoms with Crippen LogP contribution in [0.15, 0.2) is 47.6 Å². The first-order valence-corrected chi connectivity index (χ1v) is 12.5. The lowest BCUT2D eigenvalue weighted by Gasteiger charge is -2.19. The van der Waals surface area contributed by atoms with Crippen LogP contribution in [0.5, 0.6) is 5.75 Å². The molecule has 1 aromatic heterocycles. The van der Waals surface area contributed by atoms with Crippen LogP contribution in [-0.4, -0.2) is 26.4 Å². The third kappa shape index (κ3) is 6.65. The molecule has 6 nitrogen and oxygen atoms in total. The molecule has 1 heterocycles. The van der Waals surface area contributed by atoms with Gasteiger partial charge in [-0.1, -0.05) is 60.9 Å². The summed E-state index contributed by atoms with van der Waals surface area (Å²) < 4.78 is 8.13. The number of ether oxygens (including phenoxy) is 1. The van der Waals surface area contributed by atoms with Gasteiger partial charge in [0.25, 0.3) is 0 Å². The minimum absolute atomic E-state index is 0.0978. The average molecular weight is 507 g/mol. The molecule has 1 N–H and O–H groups in total. The minimum Gasteiger partial charge on any atom is -0.483 e. The van der Waals surface area contributed by atoms with E-state index in [4.69, 9.17) is 27.9 Å². The van der Waals surface area contributed by atoms with Crippen LogP contribution in [0.4, 0.5) is 5.69 Å². The van der Waals surface area contributed by atoms with E-state index in [9.17, 15) is 4.79 Å². The largest absolute Gasteiger partial charge is 0.483 e. The monoisotopic (exact) mass is 506 g/mol. The molecule has 0 spiro atoms. The van der Waals surface area contributed by atoms with Gasteiger partial charge in [-0.25, -0.2) is 0 Å². The van der Waals surface area contributed by atoms with Crippen molar-refractivity contribution in [2.45, 2.75) is 57.8 Å². The fourth-order valence-corrected chi connectivity index (χ4v) is 4.57. The van der Waals surface area contributed by atoms with Gasteiger partial charge >= 0.3 is 0 Å². The van der Waals surface area contributed by atoms with E-state index >= 15 is 0 Å². The second-order valence-corrected chi connectivity index (χ2v) is 10.0. The summed E-state index contributed by atoms with van der Waals surface area (Å²) in [5, 5.41) is 13.0. The highest BCUT2D eigenvalue weighted by atomic mass is 35.5. The molecule has 0 fully saturated rings. The topological polar surface area (TPSA) is 69.0 Å². The maximum Gasteiger partial charge on any atom is 0.234 e. The Hall–Kier alpha value is -2.22. The highest BCUT2D eigenvalue weighted by Gasteiger charge is 2.22. The van der Waals surface area contributed by atoms with Crippen LogP contribution >= 0.6 is 35.0 Å². The van der Waals surface area contributed by atoms with Gasteiger partial charge in [0.15, 0.2) is 17.1 Å². The number of anilines is 1. The number of carbonyl (C=O) groups excluding carboxylic acids is 1. The van der Waals surface area contributed by atoms with Crippen molar-refractivity contribution in [2.75, 3.05) is 11.1 Å². The van der Waals surface area contributed by atoms with Crippen LogP contribution < -0.4 is 10.1 Å². The third-order valence-corrected chi connectivity index (χ3v) is 6.46. The summed E-state index contributed by atoms with van der Waals surface area (Å²) in [5.74, 6) is 1.92. The van der Waals surface area contributed by atoms with Gasteiger partial charge in [0, 0.05) is 11.1 Å². The van der Waals surface area contributed by atoms with Gasteiger partial charge in [0.05, 0.1) is 16.5 Å². The number of nitrogens with zero attached hydrogens (tertiary/aromatic N) is 3. The molecule has 3 rings (SSSR count). The Kier molecular flexibility index (Phi) is 8.68. The molecule has 0 saturated carbocycles. The zero-order valence-corrected chi connectivity index (χ0v) is 21.6. The molecule has 0 saturated heterocycles.